The molecule has 138 valence electrons. The summed E-state index contributed by atoms with van der Waals surface area (Å²) < 4.78 is 0. The number of nitrogens with zero attached hydrogens (tertiary/aromatic N) is 2. The third-order valence-electron chi connectivity index (χ3n) is 5.23. The Labute approximate surface area is 151 Å². The van der Waals surface area contributed by atoms with Gasteiger partial charge in [0, 0.05) is 25.7 Å². The van der Waals surface area contributed by atoms with Gasteiger partial charge in [-0.3, -0.25) is 4.90 Å². The number of aliphatic hydroxyl groups is 1. The van der Waals surface area contributed by atoms with Gasteiger partial charge in [0.25, 0.3) is 0 Å². The first-order chi connectivity index (χ1) is 12.3. The standard InChI is InChI=1S/C20H31N3O2/c24-14-13-23(19-9-10-19)20(25)21-15-17-7-3-4-8-18(17)16-22-11-5-1-2-6-12-22/h3-4,7-8,19,24H,1-2,5-6,9-16H2,(H,21,25). The Kier molecular flexibility index (Phi) is 6.70. The van der Waals surface area contributed by atoms with Crippen LogP contribution in [-0.2, 0) is 13.1 Å². The number of hydrogen-bond acceptors (Lipinski definition) is 3. The molecule has 1 aromatic rings. The van der Waals surface area contributed by atoms with Gasteiger partial charge < -0.3 is 15.3 Å². The molecule has 0 aromatic heterocycles. The van der Waals surface area contributed by atoms with Crippen molar-refractivity contribution in [2.24, 2.45) is 0 Å². The molecule has 1 saturated heterocycles. The van der Waals surface area contributed by atoms with Crippen molar-refractivity contribution in [3.05, 3.63) is 35.4 Å². The second kappa shape index (κ2) is 9.20. The van der Waals surface area contributed by atoms with E-state index in [0.717, 1.165) is 19.4 Å². The van der Waals surface area contributed by atoms with Crippen molar-refractivity contribution in [2.75, 3.05) is 26.2 Å². The summed E-state index contributed by atoms with van der Waals surface area (Å²) in [5, 5.41) is 12.2. The van der Waals surface area contributed by atoms with Crippen molar-refractivity contribution in [3.8, 4) is 0 Å². The van der Waals surface area contributed by atoms with Crippen LogP contribution in [0.25, 0.3) is 0 Å². The Balaban J connectivity index is 1.57. The van der Waals surface area contributed by atoms with Crippen LogP contribution in [0.1, 0.15) is 49.7 Å². The Morgan fingerprint density at radius 2 is 1.80 bits per heavy atom. The highest BCUT2D eigenvalue weighted by Crippen LogP contribution is 2.26. The summed E-state index contributed by atoms with van der Waals surface area (Å²) in [6.45, 7) is 4.31. The molecular weight excluding hydrogens is 314 g/mol. The number of aliphatic hydroxyl groups excluding tert-OH is 1. The van der Waals surface area contributed by atoms with Gasteiger partial charge in [-0.1, -0.05) is 37.1 Å². The maximum absolute atomic E-state index is 12.4. The normalized spacial score (nSPS) is 18.6. The molecule has 2 N–H and O–H groups in total. The van der Waals surface area contributed by atoms with Crippen LogP contribution in [0, 0.1) is 0 Å². The van der Waals surface area contributed by atoms with E-state index in [1.807, 2.05) is 6.07 Å². The summed E-state index contributed by atoms with van der Waals surface area (Å²) in [6, 6.07) is 8.68. The lowest BCUT2D eigenvalue weighted by molar-refractivity contribution is 0.173. The van der Waals surface area contributed by atoms with Crippen LogP contribution in [0.4, 0.5) is 4.79 Å². The lowest BCUT2D eigenvalue weighted by Gasteiger charge is -2.24. The van der Waals surface area contributed by atoms with Crippen molar-refractivity contribution >= 4 is 6.03 Å². The number of urea groups is 1. The lowest BCUT2D eigenvalue weighted by atomic mass is 10.1. The van der Waals surface area contributed by atoms with Crippen molar-refractivity contribution in [2.45, 2.75) is 57.7 Å². The first-order valence-electron chi connectivity index (χ1n) is 9.72. The molecule has 0 unspecified atom stereocenters. The maximum Gasteiger partial charge on any atom is 0.317 e. The van der Waals surface area contributed by atoms with Crippen LogP contribution in [0.15, 0.2) is 24.3 Å². The Morgan fingerprint density at radius 3 is 2.44 bits per heavy atom. The number of rotatable bonds is 7. The average molecular weight is 345 g/mol. The molecule has 1 saturated carbocycles. The van der Waals surface area contributed by atoms with Gasteiger partial charge >= 0.3 is 6.03 Å². The third-order valence-corrected chi connectivity index (χ3v) is 5.23. The summed E-state index contributed by atoms with van der Waals surface area (Å²) in [6.07, 6.45) is 7.37. The fourth-order valence-corrected chi connectivity index (χ4v) is 3.64. The number of carbonyl (C=O) groups is 1. The minimum Gasteiger partial charge on any atom is -0.395 e. The van der Waals surface area contributed by atoms with Crippen LogP contribution in [0.5, 0.6) is 0 Å². The number of amides is 2. The Morgan fingerprint density at radius 1 is 1.12 bits per heavy atom. The molecule has 2 amide bonds. The fourth-order valence-electron chi connectivity index (χ4n) is 3.64. The third kappa shape index (κ3) is 5.44. The molecule has 5 nitrogen and oxygen atoms in total. The van der Waals surface area contributed by atoms with E-state index in [9.17, 15) is 4.79 Å². The molecule has 1 aliphatic carbocycles. The van der Waals surface area contributed by atoms with Crippen molar-refractivity contribution < 1.29 is 9.90 Å². The van der Waals surface area contributed by atoms with E-state index in [2.05, 4.69) is 28.4 Å². The molecule has 0 bridgehead atoms. The average Bonchev–Trinajstić information content (AvgIpc) is 3.46. The zero-order chi connectivity index (χ0) is 17.5. The minimum atomic E-state index is -0.0545. The summed E-state index contributed by atoms with van der Waals surface area (Å²) in [4.78, 5) is 16.7. The van der Waals surface area contributed by atoms with Crippen LogP contribution in [-0.4, -0.2) is 53.2 Å². The first-order valence-corrected chi connectivity index (χ1v) is 9.72. The summed E-state index contributed by atoms with van der Waals surface area (Å²) in [5.41, 5.74) is 2.50. The molecule has 2 fully saturated rings. The van der Waals surface area contributed by atoms with Crippen LogP contribution in [0.2, 0.25) is 0 Å². The highest BCUT2D eigenvalue weighted by atomic mass is 16.3. The van der Waals surface area contributed by atoms with E-state index in [1.165, 1.54) is 49.9 Å². The zero-order valence-corrected chi connectivity index (χ0v) is 15.1. The lowest BCUT2D eigenvalue weighted by Crippen LogP contribution is -2.42. The largest absolute Gasteiger partial charge is 0.395 e. The van der Waals surface area contributed by atoms with Gasteiger partial charge in [-0.25, -0.2) is 4.79 Å². The van der Waals surface area contributed by atoms with E-state index in [-0.39, 0.29) is 12.6 Å². The molecule has 1 heterocycles. The number of likely N-dealkylation sites (tertiary alicyclic amines) is 1. The molecular formula is C20H31N3O2. The van der Waals surface area contributed by atoms with Gasteiger partial charge in [0.2, 0.25) is 0 Å². The van der Waals surface area contributed by atoms with Crippen LogP contribution < -0.4 is 5.32 Å². The van der Waals surface area contributed by atoms with E-state index in [4.69, 9.17) is 5.11 Å². The van der Waals surface area contributed by atoms with Crippen LogP contribution >= 0.6 is 0 Å². The highest BCUT2D eigenvalue weighted by molar-refractivity contribution is 5.75. The molecule has 0 atom stereocenters. The van der Waals surface area contributed by atoms with Crippen molar-refractivity contribution in [1.82, 2.24) is 15.1 Å². The van der Waals surface area contributed by atoms with Gasteiger partial charge in [-0.05, 0) is 49.9 Å². The number of carbonyl (C=O) groups excluding carboxylic acids is 1. The number of benzene rings is 1. The van der Waals surface area contributed by atoms with Gasteiger partial charge in [0.15, 0.2) is 0 Å². The Hall–Kier alpha value is -1.59. The topological polar surface area (TPSA) is 55.8 Å². The second-order valence-electron chi connectivity index (χ2n) is 7.27. The van der Waals surface area contributed by atoms with E-state index < -0.39 is 0 Å². The monoisotopic (exact) mass is 345 g/mol. The summed E-state index contributed by atoms with van der Waals surface area (Å²) in [5.74, 6) is 0. The fraction of sp³-hybridized carbons (Fsp3) is 0.650. The predicted molar refractivity (Wildman–Crippen MR) is 99.2 cm³/mol. The predicted octanol–water partition coefficient (Wildman–Crippen LogP) is 2.73. The Bertz CT molecular complexity index is 552. The summed E-state index contributed by atoms with van der Waals surface area (Å²) >= 11 is 0. The molecule has 0 radical (unpaired) electrons. The van der Waals surface area contributed by atoms with Gasteiger partial charge in [-0.2, -0.15) is 0 Å². The van der Waals surface area contributed by atoms with Gasteiger partial charge in [-0.15, -0.1) is 0 Å². The first kappa shape index (κ1) is 18.2. The van der Waals surface area contributed by atoms with Crippen LogP contribution in [0.3, 0.4) is 0 Å². The molecule has 0 spiro atoms. The van der Waals surface area contributed by atoms with Crippen molar-refractivity contribution in [1.29, 1.82) is 0 Å². The van der Waals surface area contributed by atoms with E-state index in [0.29, 0.717) is 19.1 Å². The molecule has 1 aromatic carbocycles. The van der Waals surface area contributed by atoms with Gasteiger partial charge in [0.05, 0.1) is 6.61 Å². The quantitative estimate of drug-likeness (QED) is 0.799. The second-order valence-corrected chi connectivity index (χ2v) is 7.27. The SMILES string of the molecule is O=C(NCc1ccccc1CN1CCCCCC1)N(CCO)C1CC1. The number of nitrogens with one attached hydrogen (secondary N) is 1. The molecule has 1 aliphatic heterocycles. The minimum absolute atomic E-state index is 0.0233. The smallest absolute Gasteiger partial charge is 0.317 e. The highest BCUT2D eigenvalue weighted by Gasteiger charge is 2.32. The van der Waals surface area contributed by atoms with Crippen molar-refractivity contribution in [3.63, 3.8) is 0 Å². The molecule has 25 heavy (non-hydrogen) atoms. The zero-order valence-electron chi connectivity index (χ0n) is 15.1. The van der Waals surface area contributed by atoms with E-state index in [1.54, 1.807) is 4.90 Å². The molecule has 2 aliphatic rings. The maximum atomic E-state index is 12.4. The number of hydrogen-bond donors (Lipinski definition) is 2. The molecule has 5 heteroatoms. The van der Waals surface area contributed by atoms with Gasteiger partial charge in [0.1, 0.15) is 0 Å². The van der Waals surface area contributed by atoms with E-state index >= 15 is 0 Å². The summed E-state index contributed by atoms with van der Waals surface area (Å²) in [7, 11) is 0. The molecule has 3 rings (SSSR count).